The second-order valence-corrected chi connectivity index (χ2v) is 4.24. The van der Waals surface area contributed by atoms with Crippen LogP contribution in [0.5, 0.6) is 0 Å². The van der Waals surface area contributed by atoms with Crippen LogP contribution >= 0.6 is 0 Å². The Morgan fingerprint density at radius 1 is 1.57 bits per heavy atom. The van der Waals surface area contributed by atoms with Crippen LogP contribution < -0.4 is 5.32 Å². The van der Waals surface area contributed by atoms with E-state index in [0.29, 0.717) is 13.2 Å². The molecule has 1 saturated heterocycles. The van der Waals surface area contributed by atoms with Gasteiger partial charge in [-0.15, -0.1) is 0 Å². The third kappa shape index (κ3) is 4.22. The Balaban J connectivity index is 2.18. The monoisotopic (exact) mass is 199 g/mol. The lowest BCUT2D eigenvalue weighted by Gasteiger charge is -2.36. The molecule has 1 rings (SSSR count). The molecular weight excluding hydrogens is 178 g/mol. The molecule has 0 amide bonds. The molecule has 0 aromatic heterocycles. The van der Waals surface area contributed by atoms with Gasteiger partial charge >= 0.3 is 0 Å². The molecule has 3 heteroatoms. The van der Waals surface area contributed by atoms with E-state index in [-0.39, 0.29) is 11.7 Å². The Bertz CT molecular complexity index is 190. The van der Waals surface area contributed by atoms with Crippen molar-refractivity contribution in [1.82, 2.24) is 5.32 Å². The van der Waals surface area contributed by atoms with E-state index in [4.69, 9.17) is 9.47 Å². The van der Waals surface area contributed by atoms with Gasteiger partial charge in [0.2, 0.25) is 0 Å². The molecule has 1 fully saturated rings. The van der Waals surface area contributed by atoms with E-state index in [0.717, 1.165) is 13.1 Å². The average molecular weight is 199 g/mol. The van der Waals surface area contributed by atoms with Crippen LogP contribution in [0, 0.1) is 0 Å². The molecule has 3 nitrogen and oxygen atoms in total. The molecule has 1 N–H and O–H groups in total. The molecule has 0 saturated carbocycles. The minimum Gasteiger partial charge on any atom is -0.375 e. The van der Waals surface area contributed by atoms with Crippen LogP contribution in [0.3, 0.4) is 0 Å². The quantitative estimate of drug-likeness (QED) is 0.547. The van der Waals surface area contributed by atoms with Crippen LogP contribution in [0.25, 0.3) is 0 Å². The highest BCUT2D eigenvalue weighted by atomic mass is 16.5. The summed E-state index contributed by atoms with van der Waals surface area (Å²) in [5.41, 5.74) is -0.0626. The fraction of sp³-hybridized carbons (Fsp3) is 0.818. The smallest absolute Gasteiger partial charge is 0.0940 e. The minimum atomic E-state index is -0.0626. The highest BCUT2D eigenvalue weighted by Crippen LogP contribution is 2.15. The summed E-state index contributed by atoms with van der Waals surface area (Å²) >= 11 is 0. The first-order valence-corrected chi connectivity index (χ1v) is 5.21. The number of hydrogen-bond acceptors (Lipinski definition) is 3. The van der Waals surface area contributed by atoms with E-state index in [1.165, 1.54) is 0 Å². The van der Waals surface area contributed by atoms with Gasteiger partial charge in [-0.1, -0.05) is 12.2 Å². The zero-order valence-electron chi connectivity index (χ0n) is 9.38. The van der Waals surface area contributed by atoms with E-state index >= 15 is 0 Å². The van der Waals surface area contributed by atoms with E-state index < -0.39 is 0 Å². The van der Waals surface area contributed by atoms with E-state index in [1.807, 2.05) is 19.1 Å². The molecule has 0 spiro atoms. The second kappa shape index (κ2) is 5.49. The predicted octanol–water partition coefficient (Wildman–Crippen LogP) is 1.35. The van der Waals surface area contributed by atoms with Gasteiger partial charge in [0, 0.05) is 13.1 Å². The van der Waals surface area contributed by atoms with Gasteiger partial charge in [-0.3, -0.25) is 0 Å². The van der Waals surface area contributed by atoms with Crippen molar-refractivity contribution in [2.24, 2.45) is 0 Å². The molecule has 0 aromatic rings. The second-order valence-electron chi connectivity index (χ2n) is 4.24. The van der Waals surface area contributed by atoms with Gasteiger partial charge in [0.05, 0.1) is 24.9 Å². The largest absolute Gasteiger partial charge is 0.375 e. The van der Waals surface area contributed by atoms with Crippen molar-refractivity contribution in [2.75, 3.05) is 26.3 Å². The number of hydrogen-bond donors (Lipinski definition) is 1. The summed E-state index contributed by atoms with van der Waals surface area (Å²) in [7, 11) is 0. The number of allylic oxidation sites excluding steroid dienone is 1. The van der Waals surface area contributed by atoms with Gasteiger partial charge in [-0.2, -0.15) is 0 Å². The van der Waals surface area contributed by atoms with Crippen LogP contribution in [0.2, 0.25) is 0 Å². The average Bonchev–Trinajstić information content (AvgIpc) is 2.11. The van der Waals surface area contributed by atoms with E-state index in [9.17, 15) is 0 Å². The Labute approximate surface area is 86.5 Å². The molecule has 82 valence electrons. The van der Waals surface area contributed by atoms with Crippen molar-refractivity contribution in [3.63, 3.8) is 0 Å². The SMILES string of the molecule is C/C=C/COCC1CNCC(C)(C)O1. The van der Waals surface area contributed by atoms with Crippen molar-refractivity contribution in [2.45, 2.75) is 32.5 Å². The Morgan fingerprint density at radius 3 is 3.00 bits per heavy atom. The highest BCUT2D eigenvalue weighted by Gasteiger charge is 2.27. The number of morpholine rings is 1. The van der Waals surface area contributed by atoms with Crippen LogP contribution in [-0.2, 0) is 9.47 Å². The number of rotatable bonds is 4. The standard InChI is InChI=1S/C11H21NO2/c1-4-5-6-13-8-10-7-12-9-11(2,3)14-10/h4-5,10,12H,6-9H2,1-3H3/b5-4+. The summed E-state index contributed by atoms with van der Waals surface area (Å²) in [6, 6.07) is 0. The molecule has 0 radical (unpaired) electrons. The third-order valence-corrected chi connectivity index (χ3v) is 2.16. The highest BCUT2D eigenvalue weighted by molar-refractivity contribution is 4.82. The van der Waals surface area contributed by atoms with Gasteiger partial charge in [-0.05, 0) is 20.8 Å². The molecule has 1 unspecified atom stereocenters. The molecular formula is C11H21NO2. The first-order valence-electron chi connectivity index (χ1n) is 5.21. The van der Waals surface area contributed by atoms with Crippen molar-refractivity contribution in [3.8, 4) is 0 Å². The fourth-order valence-electron chi connectivity index (χ4n) is 1.53. The van der Waals surface area contributed by atoms with Crippen molar-refractivity contribution in [3.05, 3.63) is 12.2 Å². The normalized spacial score (nSPS) is 26.9. The molecule has 0 aromatic carbocycles. The van der Waals surface area contributed by atoms with Crippen LogP contribution in [0.15, 0.2) is 12.2 Å². The van der Waals surface area contributed by atoms with Gasteiger partial charge < -0.3 is 14.8 Å². The zero-order valence-corrected chi connectivity index (χ0v) is 9.38. The lowest BCUT2D eigenvalue weighted by atomic mass is 10.1. The zero-order chi connectivity index (χ0) is 10.4. The van der Waals surface area contributed by atoms with Crippen LogP contribution in [0.4, 0.5) is 0 Å². The summed E-state index contributed by atoms with van der Waals surface area (Å²) in [6.07, 6.45) is 4.18. The third-order valence-electron chi connectivity index (χ3n) is 2.16. The topological polar surface area (TPSA) is 30.5 Å². The lowest BCUT2D eigenvalue weighted by Crippen LogP contribution is -2.51. The van der Waals surface area contributed by atoms with Gasteiger partial charge in [0.15, 0.2) is 0 Å². The maximum absolute atomic E-state index is 5.84. The maximum atomic E-state index is 5.84. The van der Waals surface area contributed by atoms with Gasteiger partial charge in [0.25, 0.3) is 0 Å². The molecule has 0 bridgehead atoms. The molecule has 14 heavy (non-hydrogen) atoms. The summed E-state index contributed by atoms with van der Waals surface area (Å²) in [5.74, 6) is 0. The molecule has 1 aliphatic heterocycles. The fourth-order valence-corrected chi connectivity index (χ4v) is 1.53. The lowest BCUT2D eigenvalue weighted by molar-refractivity contribution is -0.118. The predicted molar refractivity (Wildman–Crippen MR) is 57.5 cm³/mol. The minimum absolute atomic E-state index is 0.0626. The van der Waals surface area contributed by atoms with E-state index in [2.05, 4.69) is 19.2 Å². The van der Waals surface area contributed by atoms with Gasteiger partial charge in [-0.25, -0.2) is 0 Å². The van der Waals surface area contributed by atoms with Gasteiger partial charge in [0.1, 0.15) is 0 Å². The Kier molecular flexibility index (Phi) is 4.58. The van der Waals surface area contributed by atoms with Crippen molar-refractivity contribution < 1.29 is 9.47 Å². The molecule has 0 aliphatic carbocycles. The molecule has 1 heterocycles. The van der Waals surface area contributed by atoms with Crippen LogP contribution in [0.1, 0.15) is 20.8 Å². The van der Waals surface area contributed by atoms with Crippen molar-refractivity contribution >= 4 is 0 Å². The first-order chi connectivity index (χ1) is 6.64. The summed E-state index contributed by atoms with van der Waals surface area (Å²) < 4.78 is 11.3. The van der Waals surface area contributed by atoms with Crippen molar-refractivity contribution in [1.29, 1.82) is 0 Å². The number of nitrogens with one attached hydrogen (secondary N) is 1. The maximum Gasteiger partial charge on any atom is 0.0940 e. The Morgan fingerprint density at radius 2 is 2.36 bits per heavy atom. The first kappa shape index (κ1) is 11.7. The number of ether oxygens (including phenoxy) is 2. The molecule has 1 atom stereocenters. The van der Waals surface area contributed by atoms with Crippen LogP contribution in [-0.4, -0.2) is 38.0 Å². The summed E-state index contributed by atoms with van der Waals surface area (Å²) in [6.45, 7) is 9.33. The Hall–Kier alpha value is -0.380. The molecule has 1 aliphatic rings. The van der Waals surface area contributed by atoms with E-state index in [1.54, 1.807) is 0 Å². The summed E-state index contributed by atoms with van der Waals surface area (Å²) in [5, 5.41) is 3.34. The summed E-state index contributed by atoms with van der Waals surface area (Å²) in [4.78, 5) is 0.